The summed E-state index contributed by atoms with van der Waals surface area (Å²) < 4.78 is 0. The first kappa shape index (κ1) is 17.6. The first-order valence-corrected chi connectivity index (χ1v) is 8.42. The number of rotatable bonds is 6. The largest absolute Gasteiger partial charge is 0.350 e. The van der Waals surface area contributed by atoms with Crippen LogP contribution in [0, 0.1) is 5.92 Å². The van der Waals surface area contributed by atoms with Crippen LogP contribution < -0.4 is 15.5 Å². The van der Waals surface area contributed by atoms with Crippen LogP contribution in [0.2, 0.25) is 0 Å². The average molecular weight is 352 g/mol. The lowest BCUT2D eigenvalue weighted by molar-refractivity contribution is -0.129. The fourth-order valence-corrected chi connectivity index (χ4v) is 2.82. The highest BCUT2D eigenvalue weighted by molar-refractivity contribution is 6.00. The molecule has 7 heteroatoms. The molecule has 1 fully saturated rings. The van der Waals surface area contributed by atoms with Crippen molar-refractivity contribution in [3.05, 3.63) is 60.4 Å². The molecule has 0 unspecified atom stereocenters. The van der Waals surface area contributed by atoms with Gasteiger partial charge in [0, 0.05) is 37.6 Å². The lowest BCUT2D eigenvalue weighted by Crippen LogP contribution is -2.40. The maximum absolute atomic E-state index is 12.3. The van der Waals surface area contributed by atoms with E-state index in [1.54, 1.807) is 23.4 Å². The first-order chi connectivity index (χ1) is 12.6. The molecular formula is C19H20N4O3. The number of amides is 3. The van der Waals surface area contributed by atoms with Crippen LogP contribution >= 0.6 is 0 Å². The molecule has 1 aromatic heterocycles. The Morgan fingerprint density at radius 1 is 1.12 bits per heavy atom. The van der Waals surface area contributed by atoms with Crippen molar-refractivity contribution in [2.75, 3.05) is 18.0 Å². The number of hydrogen-bond donors (Lipinski definition) is 2. The Morgan fingerprint density at radius 2 is 1.92 bits per heavy atom. The predicted octanol–water partition coefficient (Wildman–Crippen LogP) is 0.867. The molecule has 2 N–H and O–H groups in total. The van der Waals surface area contributed by atoms with Crippen molar-refractivity contribution in [3.63, 3.8) is 0 Å². The Kier molecular flexibility index (Phi) is 5.58. The van der Waals surface area contributed by atoms with Gasteiger partial charge in [-0.05, 0) is 23.8 Å². The number of hydrogen-bond acceptors (Lipinski definition) is 4. The fourth-order valence-electron chi connectivity index (χ4n) is 2.82. The number of carbonyl (C=O) groups excluding carboxylic acids is 3. The van der Waals surface area contributed by atoms with Gasteiger partial charge < -0.3 is 15.5 Å². The topological polar surface area (TPSA) is 91.4 Å². The van der Waals surface area contributed by atoms with Crippen LogP contribution in [0.4, 0.5) is 5.69 Å². The van der Waals surface area contributed by atoms with E-state index in [-0.39, 0.29) is 30.7 Å². The van der Waals surface area contributed by atoms with Crippen LogP contribution in [0.25, 0.3) is 0 Å². The Balaban J connectivity index is 1.45. The molecule has 2 heterocycles. The van der Waals surface area contributed by atoms with E-state index in [1.165, 1.54) is 0 Å². The maximum atomic E-state index is 12.3. The predicted molar refractivity (Wildman–Crippen MR) is 96.0 cm³/mol. The molecule has 0 aliphatic carbocycles. The van der Waals surface area contributed by atoms with Crippen molar-refractivity contribution in [3.8, 4) is 0 Å². The summed E-state index contributed by atoms with van der Waals surface area (Å²) in [6.07, 6.45) is 3.48. The lowest BCUT2D eigenvalue weighted by atomic mass is 10.1. The van der Waals surface area contributed by atoms with Crippen LogP contribution in [-0.2, 0) is 20.9 Å². The summed E-state index contributed by atoms with van der Waals surface area (Å²) in [5, 5.41) is 5.33. The van der Waals surface area contributed by atoms with E-state index in [1.807, 2.05) is 36.4 Å². The minimum atomic E-state index is -0.450. The quantitative estimate of drug-likeness (QED) is 0.807. The number of anilines is 1. The monoisotopic (exact) mass is 352 g/mol. The van der Waals surface area contributed by atoms with Crippen molar-refractivity contribution in [1.82, 2.24) is 15.6 Å². The summed E-state index contributed by atoms with van der Waals surface area (Å²) >= 11 is 0. The smallest absolute Gasteiger partial charge is 0.239 e. The second-order valence-corrected chi connectivity index (χ2v) is 6.10. The van der Waals surface area contributed by atoms with E-state index in [4.69, 9.17) is 0 Å². The van der Waals surface area contributed by atoms with Crippen molar-refractivity contribution in [2.24, 2.45) is 5.92 Å². The molecule has 7 nitrogen and oxygen atoms in total. The number of nitrogens with one attached hydrogen (secondary N) is 2. The van der Waals surface area contributed by atoms with E-state index in [0.29, 0.717) is 13.1 Å². The van der Waals surface area contributed by atoms with Crippen LogP contribution in [-0.4, -0.2) is 35.8 Å². The second kappa shape index (κ2) is 8.24. The first-order valence-electron chi connectivity index (χ1n) is 8.42. The van der Waals surface area contributed by atoms with Crippen LogP contribution in [0.5, 0.6) is 0 Å². The van der Waals surface area contributed by atoms with E-state index in [0.717, 1.165) is 11.3 Å². The normalized spacial score (nSPS) is 16.4. The number of para-hydroxylation sites is 1. The van der Waals surface area contributed by atoms with Crippen molar-refractivity contribution in [1.29, 1.82) is 0 Å². The molecular weight excluding hydrogens is 332 g/mol. The number of pyridine rings is 1. The Labute approximate surface area is 151 Å². The van der Waals surface area contributed by atoms with Gasteiger partial charge in [-0.15, -0.1) is 0 Å². The molecule has 2 aromatic rings. The van der Waals surface area contributed by atoms with Gasteiger partial charge in [-0.25, -0.2) is 0 Å². The molecule has 1 saturated heterocycles. The Bertz CT molecular complexity index is 780. The van der Waals surface area contributed by atoms with Crippen molar-refractivity contribution in [2.45, 2.75) is 13.0 Å². The Morgan fingerprint density at radius 3 is 2.65 bits per heavy atom. The highest BCUT2D eigenvalue weighted by atomic mass is 16.2. The maximum Gasteiger partial charge on any atom is 0.239 e. The number of benzene rings is 1. The minimum absolute atomic E-state index is 0.0858. The standard InChI is InChI=1S/C19H20N4O3/c24-17(21-11-14-5-4-8-20-10-14)12-22-19(26)15-9-18(25)23(13-15)16-6-2-1-3-7-16/h1-8,10,15H,9,11-13H2,(H,21,24)(H,22,26)/t15-/m1/s1. The van der Waals surface area contributed by atoms with Gasteiger partial charge in [0.25, 0.3) is 0 Å². The number of carbonyl (C=O) groups is 3. The molecule has 1 aromatic carbocycles. The van der Waals surface area contributed by atoms with Crippen LogP contribution in [0.3, 0.4) is 0 Å². The molecule has 0 spiro atoms. The molecule has 134 valence electrons. The molecule has 3 amide bonds. The molecule has 1 atom stereocenters. The van der Waals surface area contributed by atoms with E-state index in [2.05, 4.69) is 15.6 Å². The van der Waals surface area contributed by atoms with Crippen molar-refractivity contribution < 1.29 is 14.4 Å². The molecule has 1 aliphatic heterocycles. The Hall–Kier alpha value is -3.22. The molecule has 3 rings (SSSR count). The second-order valence-electron chi connectivity index (χ2n) is 6.10. The number of nitrogens with zero attached hydrogens (tertiary/aromatic N) is 2. The molecule has 0 saturated carbocycles. The van der Waals surface area contributed by atoms with E-state index < -0.39 is 5.92 Å². The zero-order valence-corrected chi connectivity index (χ0v) is 14.2. The summed E-state index contributed by atoms with van der Waals surface area (Å²) in [5.41, 5.74) is 1.66. The zero-order valence-electron chi connectivity index (χ0n) is 14.2. The third-order valence-corrected chi connectivity index (χ3v) is 4.20. The molecule has 26 heavy (non-hydrogen) atoms. The summed E-state index contributed by atoms with van der Waals surface area (Å²) in [4.78, 5) is 41.9. The SMILES string of the molecule is O=C(CNC(=O)[C@@H]1CC(=O)N(c2ccccc2)C1)NCc1cccnc1. The molecule has 0 radical (unpaired) electrons. The highest BCUT2D eigenvalue weighted by Crippen LogP contribution is 2.24. The van der Waals surface area contributed by atoms with Gasteiger partial charge in [0.1, 0.15) is 0 Å². The van der Waals surface area contributed by atoms with Gasteiger partial charge in [-0.1, -0.05) is 24.3 Å². The summed E-state index contributed by atoms with van der Waals surface area (Å²) in [6.45, 7) is 0.563. The van der Waals surface area contributed by atoms with Gasteiger partial charge in [-0.3, -0.25) is 19.4 Å². The minimum Gasteiger partial charge on any atom is -0.350 e. The van der Waals surface area contributed by atoms with E-state index in [9.17, 15) is 14.4 Å². The van der Waals surface area contributed by atoms with Gasteiger partial charge in [0.05, 0.1) is 12.5 Å². The number of aromatic nitrogens is 1. The van der Waals surface area contributed by atoms with Crippen LogP contribution in [0.15, 0.2) is 54.9 Å². The highest BCUT2D eigenvalue weighted by Gasteiger charge is 2.35. The average Bonchev–Trinajstić information content (AvgIpc) is 3.08. The summed E-state index contributed by atoms with van der Waals surface area (Å²) in [5.74, 6) is -1.11. The summed E-state index contributed by atoms with van der Waals surface area (Å²) in [6, 6.07) is 12.9. The molecule has 1 aliphatic rings. The third kappa shape index (κ3) is 4.44. The van der Waals surface area contributed by atoms with Gasteiger partial charge in [0.2, 0.25) is 17.7 Å². The fraction of sp³-hybridized carbons (Fsp3) is 0.263. The van der Waals surface area contributed by atoms with Crippen molar-refractivity contribution >= 4 is 23.4 Å². The van der Waals surface area contributed by atoms with Crippen LogP contribution in [0.1, 0.15) is 12.0 Å². The lowest BCUT2D eigenvalue weighted by Gasteiger charge is -2.16. The van der Waals surface area contributed by atoms with Gasteiger partial charge >= 0.3 is 0 Å². The molecule has 0 bridgehead atoms. The van der Waals surface area contributed by atoms with Gasteiger partial charge in [0.15, 0.2) is 0 Å². The third-order valence-electron chi connectivity index (χ3n) is 4.20. The zero-order chi connectivity index (χ0) is 18.4. The summed E-state index contributed by atoms with van der Waals surface area (Å²) in [7, 11) is 0. The van der Waals surface area contributed by atoms with Gasteiger partial charge in [-0.2, -0.15) is 0 Å². The van der Waals surface area contributed by atoms with E-state index >= 15 is 0 Å².